The molecule has 5 nitrogen and oxygen atoms in total. The van der Waals surface area contributed by atoms with Gasteiger partial charge in [0.25, 0.3) is 5.67 Å². The molecule has 0 saturated heterocycles. The average molecular weight is 607 g/mol. The van der Waals surface area contributed by atoms with E-state index in [9.17, 15) is 26.7 Å². The van der Waals surface area contributed by atoms with E-state index in [2.05, 4.69) is 21.0 Å². The molecule has 4 rings (SSSR count). The number of ether oxygens (including phenoxy) is 1. The third-order valence-corrected chi connectivity index (χ3v) is 6.58. The van der Waals surface area contributed by atoms with E-state index in [1.165, 1.54) is 36.3 Å². The van der Waals surface area contributed by atoms with E-state index in [0.717, 1.165) is 17.7 Å². The van der Waals surface area contributed by atoms with Crippen LogP contribution in [0.2, 0.25) is 5.02 Å². The molecule has 0 N–H and O–H groups in total. The second-order valence-corrected chi connectivity index (χ2v) is 9.20. The van der Waals surface area contributed by atoms with Crippen LogP contribution in [0, 0.1) is 11.6 Å². The Balaban J connectivity index is 1.84. The highest BCUT2D eigenvalue weighted by Gasteiger charge is 2.60. The minimum Gasteiger partial charge on any atom is -0.465 e. The zero-order valence-corrected chi connectivity index (χ0v) is 21.2. The predicted octanol–water partition coefficient (Wildman–Crippen LogP) is 7.13. The summed E-state index contributed by atoms with van der Waals surface area (Å²) in [6.45, 7) is 0. The summed E-state index contributed by atoms with van der Waals surface area (Å²) in [5.74, 6) is -3.40. The van der Waals surface area contributed by atoms with Crippen LogP contribution in [-0.2, 0) is 17.5 Å². The summed E-state index contributed by atoms with van der Waals surface area (Å²) < 4.78 is 92.7. The van der Waals surface area contributed by atoms with E-state index in [1.54, 1.807) is 6.07 Å². The zero-order chi connectivity index (χ0) is 27.3. The van der Waals surface area contributed by atoms with Crippen LogP contribution in [0.1, 0.15) is 21.6 Å². The number of methoxy groups -OCH3 is 1. The Morgan fingerprint density at radius 1 is 1.03 bits per heavy atom. The average Bonchev–Trinajstić information content (AvgIpc) is 3.41. The highest BCUT2D eigenvalue weighted by Crippen LogP contribution is 2.49. The minimum atomic E-state index is -5.57. The Hall–Kier alpha value is -3.25. The van der Waals surface area contributed by atoms with Gasteiger partial charge in [0.15, 0.2) is 0 Å². The van der Waals surface area contributed by atoms with Gasteiger partial charge >= 0.3 is 12.1 Å². The van der Waals surface area contributed by atoms with Gasteiger partial charge in [0, 0.05) is 30.4 Å². The van der Waals surface area contributed by atoms with Gasteiger partial charge in [-0.1, -0.05) is 17.7 Å². The lowest BCUT2D eigenvalue weighted by molar-refractivity contribution is -0.221. The first-order valence-electron chi connectivity index (χ1n) is 10.3. The molecule has 0 saturated carbocycles. The van der Waals surface area contributed by atoms with Crippen molar-refractivity contribution in [1.82, 2.24) is 14.3 Å². The molecule has 2 aromatic heterocycles. The predicted molar refractivity (Wildman–Crippen MR) is 126 cm³/mol. The number of aromatic nitrogens is 3. The molecule has 13 heteroatoms. The summed E-state index contributed by atoms with van der Waals surface area (Å²) in [7, 11) is 2.35. The summed E-state index contributed by atoms with van der Waals surface area (Å²) in [5, 5.41) is 4.30. The molecular weight excluding hydrogens is 592 g/mol. The monoisotopic (exact) mass is 605 g/mol. The molecule has 0 fully saturated rings. The summed E-state index contributed by atoms with van der Waals surface area (Å²) >= 11 is 9.18. The largest absolute Gasteiger partial charge is 0.465 e. The van der Waals surface area contributed by atoms with Gasteiger partial charge in [-0.25, -0.2) is 22.6 Å². The van der Waals surface area contributed by atoms with Crippen molar-refractivity contribution >= 4 is 33.5 Å². The molecular formula is C24H15BrClF6N3O2. The van der Waals surface area contributed by atoms with E-state index >= 15 is 4.39 Å². The first kappa shape index (κ1) is 26.8. The second kappa shape index (κ2) is 9.56. The van der Waals surface area contributed by atoms with E-state index in [1.807, 2.05) is 0 Å². The highest BCUT2D eigenvalue weighted by atomic mass is 79.9. The summed E-state index contributed by atoms with van der Waals surface area (Å²) in [5.41, 5.74) is -5.42. The number of nitrogens with zero attached hydrogens (tertiary/aromatic N) is 3. The Bertz CT molecular complexity index is 1500. The lowest BCUT2D eigenvalue weighted by atomic mass is 9.91. The fraction of sp³-hybridized carbons (Fsp3) is 0.167. The van der Waals surface area contributed by atoms with Crippen LogP contribution >= 0.6 is 27.5 Å². The topological polar surface area (TPSA) is 49.0 Å². The maximum atomic E-state index is 16.0. The fourth-order valence-corrected chi connectivity index (χ4v) is 4.78. The van der Waals surface area contributed by atoms with Gasteiger partial charge in [-0.3, -0.25) is 0 Å². The molecule has 194 valence electrons. The number of halogens is 8. The van der Waals surface area contributed by atoms with E-state index in [-0.39, 0.29) is 20.9 Å². The molecule has 1 atom stereocenters. The third kappa shape index (κ3) is 4.63. The Morgan fingerprint density at radius 3 is 2.27 bits per heavy atom. The van der Waals surface area contributed by atoms with Crippen molar-refractivity contribution in [2.24, 2.45) is 7.05 Å². The van der Waals surface area contributed by atoms with E-state index in [0.29, 0.717) is 29.3 Å². The van der Waals surface area contributed by atoms with Crippen LogP contribution in [0.15, 0.2) is 59.3 Å². The number of alkyl halides is 4. The first-order chi connectivity index (χ1) is 17.3. The minimum absolute atomic E-state index is 0.00782. The highest BCUT2D eigenvalue weighted by molar-refractivity contribution is 9.10. The number of esters is 1. The van der Waals surface area contributed by atoms with Gasteiger partial charge in [-0.2, -0.15) is 18.3 Å². The summed E-state index contributed by atoms with van der Waals surface area (Å²) in [4.78, 5) is 12.0. The normalized spacial score (nSPS) is 13.5. The molecule has 0 amide bonds. The molecule has 0 radical (unpaired) electrons. The number of benzene rings is 2. The molecule has 0 aliphatic rings. The van der Waals surface area contributed by atoms with Crippen LogP contribution in [0.3, 0.4) is 0 Å². The van der Waals surface area contributed by atoms with Crippen molar-refractivity contribution in [2.45, 2.75) is 11.8 Å². The van der Waals surface area contributed by atoms with Crippen molar-refractivity contribution < 1.29 is 35.9 Å². The zero-order valence-electron chi connectivity index (χ0n) is 18.9. The maximum absolute atomic E-state index is 16.0. The molecule has 0 aliphatic carbocycles. The van der Waals surface area contributed by atoms with Gasteiger partial charge in [0.05, 0.1) is 34.1 Å². The number of carbonyl (C=O) groups is 1. The van der Waals surface area contributed by atoms with Crippen LogP contribution in [0.5, 0.6) is 0 Å². The first-order valence-corrected chi connectivity index (χ1v) is 11.5. The summed E-state index contributed by atoms with van der Waals surface area (Å²) in [6, 6.07) is 6.32. The van der Waals surface area contributed by atoms with Gasteiger partial charge < -0.3 is 9.30 Å². The van der Waals surface area contributed by atoms with Crippen LogP contribution < -0.4 is 0 Å². The van der Waals surface area contributed by atoms with E-state index < -0.39 is 40.7 Å². The molecule has 1 unspecified atom stereocenters. The second-order valence-electron chi connectivity index (χ2n) is 7.93. The summed E-state index contributed by atoms with van der Waals surface area (Å²) in [6.07, 6.45) is -2.76. The van der Waals surface area contributed by atoms with Gasteiger partial charge in [0.1, 0.15) is 17.5 Å². The molecule has 0 aliphatic heterocycles. The molecule has 4 aromatic rings. The smallest absolute Gasteiger partial charge is 0.432 e. The van der Waals surface area contributed by atoms with Crippen LogP contribution in [0.25, 0.3) is 16.9 Å². The van der Waals surface area contributed by atoms with Crippen molar-refractivity contribution in [3.05, 3.63) is 92.8 Å². The molecule has 0 bridgehead atoms. The van der Waals surface area contributed by atoms with Crippen molar-refractivity contribution in [2.75, 3.05) is 7.11 Å². The quantitative estimate of drug-likeness (QED) is 0.179. The number of hydrogen-bond donors (Lipinski definition) is 0. The van der Waals surface area contributed by atoms with Crippen LogP contribution in [-0.4, -0.2) is 33.6 Å². The van der Waals surface area contributed by atoms with Crippen LogP contribution in [0.4, 0.5) is 26.3 Å². The standard InChI is InChI=1S/C24H15BrClF6N3O2/c1-34-20(23(29,24(30,31)32)14-6-15(27)8-16(28)7-14)9-18(25)21(34)35-11-13(10-33-35)12-3-4-19(26)17(5-12)22(36)37-2/h3-11H,1-2H3. The maximum Gasteiger partial charge on any atom is 0.432 e. The van der Waals surface area contributed by atoms with Crippen molar-refractivity contribution in [3.63, 3.8) is 0 Å². The van der Waals surface area contributed by atoms with Crippen molar-refractivity contribution in [3.8, 4) is 16.9 Å². The lowest BCUT2D eigenvalue weighted by Crippen LogP contribution is -2.41. The van der Waals surface area contributed by atoms with Gasteiger partial charge in [-0.05, 0) is 51.8 Å². The third-order valence-electron chi connectivity index (χ3n) is 5.66. The lowest BCUT2D eigenvalue weighted by Gasteiger charge is -2.29. The van der Waals surface area contributed by atoms with Gasteiger partial charge in [0.2, 0.25) is 0 Å². The fourth-order valence-electron chi connectivity index (χ4n) is 3.92. The van der Waals surface area contributed by atoms with Crippen molar-refractivity contribution in [1.29, 1.82) is 0 Å². The number of carbonyl (C=O) groups excluding carboxylic acids is 1. The number of hydrogen-bond acceptors (Lipinski definition) is 3. The van der Waals surface area contributed by atoms with E-state index in [4.69, 9.17) is 16.3 Å². The Labute approximate surface area is 219 Å². The Morgan fingerprint density at radius 2 is 1.68 bits per heavy atom. The van der Waals surface area contributed by atoms with Gasteiger partial charge in [-0.15, -0.1) is 0 Å². The SMILES string of the molecule is COC(=O)c1cc(-c2cnn(-c3c(Br)cc(C(F)(c4cc(F)cc(F)c4)C(F)(F)F)n3C)c2)ccc1Cl. The molecule has 0 spiro atoms. The molecule has 37 heavy (non-hydrogen) atoms. The molecule has 2 aromatic carbocycles. The number of rotatable bonds is 5. The Kier molecular flexibility index (Phi) is 6.93. The molecule has 2 heterocycles.